The molecule has 0 aliphatic carbocycles. The van der Waals surface area contributed by atoms with Gasteiger partial charge < -0.3 is 0 Å². The maximum absolute atomic E-state index is 13.1. The van der Waals surface area contributed by atoms with Crippen LogP contribution in [0.25, 0.3) is 0 Å². The highest BCUT2D eigenvalue weighted by atomic mass is 35.5. The number of hydrogen-bond acceptors (Lipinski definition) is 6. The average Bonchev–Trinajstić information content (AvgIpc) is 3.20. The highest BCUT2D eigenvalue weighted by Crippen LogP contribution is 2.24. The summed E-state index contributed by atoms with van der Waals surface area (Å²) in [5, 5.41) is 12.3. The molecule has 3 N–H and O–H groups in total. The lowest BCUT2D eigenvalue weighted by Gasteiger charge is -2.20. The Morgan fingerprint density at radius 3 is 2.23 bits per heavy atom. The molecular formula is C22H27Cl2N5O4S2. The molecule has 0 unspecified atom stereocenters. The van der Waals surface area contributed by atoms with Crippen LogP contribution in [-0.4, -0.2) is 52.4 Å². The van der Waals surface area contributed by atoms with E-state index in [9.17, 15) is 16.8 Å². The molecule has 35 heavy (non-hydrogen) atoms. The summed E-state index contributed by atoms with van der Waals surface area (Å²) < 4.78 is 51.6. The van der Waals surface area contributed by atoms with Crippen LogP contribution in [-0.2, 0) is 20.0 Å². The lowest BCUT2D eigenvalue weighted by molar-refractivity contribution is 0.427. The minimum absolute atomic E-state index is 0.000303. The molecule has 1 aliphatic heterocycles. The Balaban J connectivity index is 1.96. The van der Waals surface area contributed by atoms with E-state index in [0.717, 1.165) is 17.7 Å². The topological polar surface area (TPSA) is 134 Å². The van der Waals surface area contributed by atoms with Gasteiger partial charge in [-0.05, 0) is 54.3 Å². The van der Waals surface area contributed by atoms with Crippen molar-refractivity contribution in [2.45, 2.75) is 25.2 Å². The van der Waals surface area contributed by atoms with Crippen LogP contribution in [0.4, 0.5) is 0 Å². The fourth-order valence-electron chi connectivity index (χ4n) is 3.57. The number of sulfonamides is 2. The molecule has 0 bridgehead atoms. The van der Waals surface area contributed by atoms with Crippen LogP contribution in [0, 0.1) is 11.8 Å². The van der Waals surface area contributed by atoms with E-state index in [1.165, 1.54) is 29.3 Å². The zero-order chi connectivity index (χ0) is 25.8. The number of nitrogens with zero attached hydrogens (tertiary/aromatic N) is 3. The van der Waals surface area contributed by atoms with Crippen LogP contribution < -0.4 is 9.86 Å². The molecular weight excluding hydrogens is 533 g/mol. The fourth-order valence-corrected chi connectivity index (χ4v) is 5.74. The number of nitrogens with one attached hydrogen (secondary N) is 1. The van der Waals surface area contributed by atoms with Crippen LogP contribution in [0.15, 0.2) is 63.5 Å². The van der Waals surface area contributed by atoms with Gasteiger partial charge in [-0.1, -0.05) is 49.2 Å². The number of hydrazone groups is 1. The Bertz CT molecular complexity index is 1310. The molecule has 0 saturated heterocycles. The molecule has 2 atom stereocenters. The molecule has 1 aliphatic rings. The number of aliphatic imine (C=N–C) groups is 1. The summed E-state index contributed by atoms with van der Waals surface area (Å²) in [6.07, 6.45) is 0.761. The summed E-state index contributed by atoms with van der Waals surface area (Å²) in [7, 11) is -7.73. The SMILES string of the molecule is CC[C@@H]1CN(C(=NC[C@H](C)CS(N)(=O)=O)NS(=O)(=O)c2ccc(Cl)cc2)N=C1c1ccc(Cl)cc1. The second-order valence-electron chi connectivity index (χ2n) is 8.34. The first kappa shape index (κ1) is 27.4. The van der Waals surface area contributed by atoms with Gasteiger partial charge in [0.25, 0.3) is 10.0 Å². The molecule has 2 aromatic carbocycles. The largest absolute Gasteiger partial charge is 0.264 e. The summed E-state index contributed by atoms with van der Waals surface area (Å²) in [6, 6.07) is 13.0. The monoisotopic (exact) mass is 559 g/mol. The van der Waals surface area contributed by atoms with Crippen molar-refractivity contribution in [2.24, 2.45) is 27.1 Å². The number of primary sulfonamides is 1. The normalized spacial score (nSPS) is 17.9. The standard InChI is InChI=1S/C22H27Cl2N5O4S2/c1-3-16-13-29(27-21(16)17-4-6-18(23)7-5-17)22(26-12-15(2)14-34(25,30)31)28-35(32,33)20-10-8-19(24)9-11-20/h4-11,15-16H,3,12-14H2,1-2H3,(H,26,28)(H2,25,30,31)/t15-,16+/m0/s1. The van der Waals surface area contributed by atoms with E-state index in [1.54, 1.807) is 19.1 Å². The van der Waals surface area contributed by atoms with Gasteiger partial charge in [-0.15, -0.1) is 0 Å². The third-order valence-electron chi connectivity index (χ3n) is 5.30. The Morgan fingerprint density at radius 1 is 1.11 bits per heavy atom. The van der Waals surface area contributed by atoms with Gasteiger partial charge >= 0.3 is 0 Å². The van der Waals surface area contributed by atoms with Crippen molar-refractivity contribution in [3.8, 4) is 0 Å². The minimum atomic E-state index is -4.02. The lowest BCUT2D eigenvalue weighted by Crippen LogP contribution is -2.42. The van der Waals surface area contributed by atoms with Gasteiger partial charge in [0.05, 0.1) is 22.9 Å². The molecule has 0 saturated carbocycles. The van der Waals surface area contributed by atoms with E-state index in [2.05, 4.69) is 14.8 Å². The van der Waals surface area contributed by atoms with E-state index in [-0.39, 0.29) is 29.1 Å². The highest BCUT2D eigenvalue weighted by molar-refractivity contribution is 7.90. The first-order chi connectivity index (χ1) is 16.4. The minimum Gasteiger partial charge on any atom is -0.250 e. The molecule has 0 spiro atoms. The van der Waals surface area contributed by atoms with E-state index < -0.39 is 26.0 Å². The first-order valence-electron chi connectivity index (χ1n) is 10.8. The van der Waals surface area contributed by atoms with Crippen molar-refractivity contribution in [2.75, 3.05) is 18.8 Å². The zero-order valence-corrected chi connectivity index (χ0v) is 22.4. The van der Waals surface area contributed by atoms with Crippen molar-refractivity contribution in [1.82, 2.24) is 9.73 Å². The van der Waals surface area contributed by atoms with Crippen molar-refractivity contribution >= 4 is 54.9 Å². The summed E-state index contributed by atoms with van der Waals surface area (Å²) >= 11 is 11.9. The van der Waals surface area contributed by atoms with Crippen LogP contribution >= 0.6 is 23.2 Å². The molecule has 1 heterocycles. The molecule has 9 nitrogen and oxygen atoms in total. The van der Waals surface area contributed by atoms with Crippen molar-refractivity contribution in [1.29, 1.82) is 0 Å². The third kappa shape index (κ3) is 7.65. The van der Waals surface area contributed by atoms with Gasteiger partial charge in [-0.25, -0.2) is 31.7 Å². The second-order valence-corrected chi connectivity index (χ2v) is 12.6. The molecule has 0 radical (unpaired) electrons. The second kappa shape index (κ2) is 11.3. The van der Waals surface area contributed by atoms with Crippen LogP contribution in [0.5, 0.6) is 0 Å². The molecule has 3 rings (SSSR count). The predicted molar refractivity (Wildman–Crippen MR) is 140 cm³/mol. The summed E-state index contributed by atoms with van der Waals surface area (Å²) in [4.78, 5) is 4.41. The number of hydrogen-bond donors (Lipinski definition) is 2. The van der Waals surface area contributed by atoms with Gasteiger partial charge in [0.1, 0.15) is 0 Å². The predicted octanol–water partition coefficient (Wildman–Crippen LogP) is 3.30. The van der Waals surface area contributed by atoms with Crippen molar-refractivity contribution < 1.29 is 16.8 Å². The Labute approximate surface area is 216 Å². The first-order valence-corrected chi connectivity index (χ1v) is 14.8. The summed E-state index contributed by atoms with van der Waals surface area (Å²) in [6.45, 7) is 4.09. The molecule has 0 amide bonds. The van der Waals surface area contributed by atoms with E-state index in [4.69, 9.17) is 28.3 Å². The smallest absolute Gasteiger partial charge is 0.250 e. The fraction of sp³-hybridized carbons (Fsp3) is 0.364. The Kier molecular flexibility index (Phi) is 8.81. The number of halogens is 2. The third-order valence-corrected chi connectivity index (χ3v) is 8.19. The van der Waals surface area contributed by atoms with Gasteiger partial charge in [0.2, 0.25) is 16.0 Å². The molecule has 2 aromatic rings. The average molecular weight is 561 g/mol. The van der Waals surface area contributed by atoms with Gasteiger partial charge in [0, 0.05) is 22.5 Å². The van der Waals surface area contributed by atoms with Gasteiger partial charge in [-0.2, -0.15) is 5.10 Å². The quantitative estimate of drug-likeness (QED) is 0.378. The summed E-state index contributed by atoms with van der Waals surface area (Å²) in [5.41, 5.74) is 1.64. The van der Waals surface area contributed by atoms with E-state index in [1.807, 2.05) is 19.1 Å². The van der Waals surface area contributed by atoms with Gasteiger partial charge in [0.15, 0.2) is 0 Å². The van der Waals surface area contributed by atoms with Crippen molar-refractivity contribution in [3.63, 3.8) is 0 Å². The number of rotatable bonds is 8. The lowest BCUT2D eigenvalue weighted by atomic mass is 9.95. The van der Waals surface area contributed by atoms with Crippen LogP contribution in [0.2, 0.25) is 10.0 Å². The highest BCUT2D eigenvalue weighted by Gasteiger charge is 2.31. The maximum atomic E-state index is 13.1. The molecule has 0 aromatic heterocycles. The van der Waals surface area contributed by atoms with E-state index >= 15 is 0 Å². The molecule has 13 heteroatoms. The van der Waals surface area contributed by atoms with Crippen LogP contribution in [0.3, 0.4) is 0 Å². The number of benzene rings is 2. The van der Waals surface area contributed by atoms with E-state index in [0.29, 0.717) is 16.6 Å². The van der Waals surface area contributed by atoms with Crippen molar-refractivity contribution in [3.05, 3.63) is 64.1 Å². The number of guanidine groups is 1. The number of nitrogens with two attached hydrogens (primary N) is 1. The molecule has 190 valence electrons. The Hall–Kier alpha value is -2.18. The van der Waals surface area contributed by atoms with Crippen LogP contribution in [0.1, 0.15) is 25.8 Å². The molecule has 0 fully saturated rings. The summed E-state index contributed by atoms with van der Waals surface area (Å²) in [5.74, 6) is -0.721. The Morgan fingerprint density at radius 2 is 1.69 bits per heavy atom. The van der Waals surface area contributed by atoms with Gasteiger partial charge in [-0.3, -0.25) is 4.99 Å². The maximum Gasteiger partial charge on any atom is 0.264 e. The zero-order valence-electron chi connectivity index (χ0n) is 19.2.